The Kier molecular flexibility index (Phi) is 3.19. The second kappa shape index (κ2) is 4.63. The van der Waals surface area contributed by atoms with Crippen LogP contribution >= 0.6 is 0 Å². The van der Waals surface area contributed by atoms with Crippen LogP contribution in [0.15, 0.2) is 30.7 Å². The lowest BCUT2D eigenvalue weighted by Gasteiger charge is -2.13. The van der Waals surface area contributed by atoms with E-state index in [0.29, 0.717) is 12.2 Å². The van der Waals surface area contributed by atoms with E-state index in [1.165, 1.54) is 12.5 Å². The van der Waals surface area contributed by atoms with Gasteiger partial charge < -0.3 is 9.67 Å². The Labute approximate surface area is 97.3 Å². The van der Waals surface area contributed by atoms with Crippen LogP contribution in [-0.4, -0.2) is 14.7 Å². The van der Waals surface area contributed by atoms with Gasteiger partial charge in [0.1, 0.15) is 17.7 Å². The van der Waals surface area contributed by atoms with Crippen molar-refractivity contribution >= 4 is 0 Å². The van der Waals surface area contributed by atoms with Crippen molar-refractivity contribution in [2.75, 3.05) is 0 Å². The van der Waals surface area contributed by atoms with E-state index in [0.717, 1.165) is 18.2 Å². The first-order chi connectivity index (χ1) is 8.13. The van der Waals surface area contributed by atoms with Gasteiger partial charge in [-0.25, -0.2) is 13.8 Å². The van der Waals surface area contributed by atoms with Crippen LogP contribution < -0.4 is 0 Å². The van der Waals surface area contributed by atoms with Crippen LogP contribution in [-0.2, 0) is 6.54 Å². The number of aliphatic hydroxyl groups is 1. The number of aromatic nitrogens is 2. The molecule has 3 nitrogen and oxygen atoms in total. The predicted octanol–water partition coefficient (Wildman–Crippen LogP) is 2.26. The molecule has 0 saturated carbocycles. The average molecular weight is 238 g/mol. The highest BCUT2D eigenvalue weighted by Crippen LogP contribution is 2.24. The monoisotopic (exact) mass is 238 g/mol. The highest BCUT2D eigenvalue weighted by Gasteiger charge is 2.18. The fraction of sp³-hybridized carbons (Fsp3) is 0.250. The standard InChI is InChI=1S/C12H12F2N2O/c1-2-16-7-15-6-11(16)12(17)9-5-8(13)3-4-10(9)14/h3-7,12,17H,2H2,1H3. The molecule has 2 aromatic rings. The van der Waals surface area contributed by atoms with E-state index in [2.05, 4.69) is 4.98 Å². The van der Waals surface area contributed by atoms with Gasteiger partial charge in [-0.3, -0.25) is 0 Å². The van der Waals surface area contributed by atoms with Crippen molar-refractivity contribution in [3.63, 3.8) is 0 Å². The fourth-order valence-electron chi connectivity index (χ4n) is 1.71. The summed E-state index contributed by atoms with van der Waals surface area (Å²) in [5.41, 5.74) is 0.359. The molecule has 0 radical (unpaired) electrons. The Balaban J connectivity index is 2.43. The Morgan fingerprint density at radius 1 is 1.41 bits per heavy atom. The number of aliphatic hydroxyl groups excluding tert-OH is 1. The molecule has 1 aromatic carbocycles. The average Bonchev–Trinajstić information content (AvgIpc) is 2.79. The summed E-state index contributed by atoms with van der Waals surface area (Å²) in [5, 5.41) is 10.0. The van der Waals surface area contributed by atoms with Crippen LogP contribution in [0.4, 0.5) is 8.78 Å². The Morgan fingerprint density at radius 3 is 2.88 bits per heavy atom. The number of aryl methyl sites for hydroxylation is 1. The minimum atomic E-state index is -1.21. The molecule has 1 N–H and O–H groups in total. The maximum absolute atomic E-state index is 13.5. The van der Waals surface area contributed by atoms with Crippen molar-refractivity contribution < 1.29 is 13.9 Å². The normalized spacial score (nSPS) is 12.7. The summed E-state index contributed by atoms with van der Waals surface area (Å²) in [6, 6.07) is 3.01. The zero-order valence-corrected chi connectivity index (χ0v) is 9.27. The van der Waals surface area contributed by atoms with Crippen LogP contribution in [0.3, 0.4) is 0 Å². The molecule has 0 aliphatic heterocycles. The molecule has 0 saturated heterocycles. The van der Waals surface area contributed by atoms with Gasteiger partial charge in [-0.2, -0.15) is 0 Å². The highest BCUT2D eigenvalue weighted by molar-refractivity contribution is 5.27. The number of imidazole rings is 1. The van der Waals surface area contributed by atoms with E-state index in [9.17, 15) is 13.9 Å². The first-order valence-corrected chi connectivity index (χ1v) is 5.26. The Bertz CT molecular complexity index is 525. The van der Waals surface area contributed by atoms with E-state index >= 15 is 0 Å². The molecule has 5 heteroatoms. The summed E-state index contributed by atoms with van der Waals surface area (Å²) in [4.78, 5) is 3.88. The van der Waals surface area contributed by atoms with Gasteiger partial charge in [0.05, 0.1) is 18.2 Å². The SMILES string of the molecule is CCn1cncc1C(O)c1cc(F)ccc1F. The van der Waals surface area contributed by atoms with E-state index < -0.39 is 17.7 Å². The minimum Gasteiger partial charge on any atom is -0.382 e. The lowest BCUT2D eigenvalue weighted by Crippen LogP contribution is -2.09. The summed E-state index contributed by atoms with van der Waals surface area (Å²) in [5.74, 6) is -1.22. The van der Waals surface area contributed by atoms with Gasteiger partial charge in [0.25, 0.3) is 0 Å². The van der Waals surface area contributed by atoms with Gasteiger partial charge in [0.2, 0.25) is 0 Å². The van der Waals surface area contributed by atoms with Crippen LogP contribution in [0.25, 0.3) is 0 Å². The molecule has 90 valence electrons. The molecule has 1 atom stereocenters. The maximum Gasteiger partial charge on any atom is 0.129 e. The van der Waals surface area contributed by atoms with Crippen molar-refractivity contribution in [1.29, 1.82) is 0 Å². The van der Waals surface area contributed by atoms with Crippen molar-refractivity contribution in [2.24, 2.45) is 0 Å². The van der Waals surface area contributed by atoms with Crippen molar-refractivity contribution in [1.82, 2.24) is 9.55 Å². The van der Waals surface area contributed by atoms with Gasteiger partial charge in [-0.15, -0.1) is 0 Å². The third kappa shape index (κ3) is 2.19. The van der Waals surface area contributed by atoms with Gasteiger partial charge in [-0.1, -0.05) is 0 Å². The third-order valence-corrected chi connectivity index (χ3v) is 2.62. The topological polar surface area (TPSA) is 38.0 Å². The second-order valence-electron chi connectivity index (χ2n) is 3.67. The van der Waals surface area contributed by atoms with E-state index in [-0.39, 0.29) is 5.56 Å². The highest BCUT2D eigenvalue weighted by atomic mass is 19.1. The molecule has 2 rings (SSSR count). The van der Waals surface area contributed by atoms with Crippen LogP contribution in [0.1, 0.15) is 24.3 Å². The number of hydrogen-bond acceptors (Lipinski definition) is 2. The molecule has 1 unspecified atom stereocenters. The summed E-state index contributed by atoms with van der Waals surface area (Å²) in [6.07, 6.45) is 1.77. The lowest BCUT2D eigenvalue weighted by atomic mass is 10.1. The lowest BCUT2D eigenvalue weighted by molar-refractivity contribution is 0.204. The van der Waals surface area contributed by atoms with E-state index in [1.807, 2.05) is 6.92 Å². The third-order valence-electron chi connectivity index (χ3n) is 2.62. The van der Waals surface area contributed by atoms with Gasteiger partial charge >= 0.3 is 0 Å². The molecule has 1 heterocycles. The van der Waals surface area contributed by atoms with Gasteiger partial charge in [0.15, 0.2) is 0 Å². The smallest absolute Gasteiger partial charge is 0.129 e. The minimum absolute atomic E-state index is 0.0831. The molecule has 17 heavy (non-hydrogen) atoms. The molecule has 0 amide bonds. The first kappa shape index (κ1) is 11.7. The number of rotatable bonds is 3. The number of hydrogen-bond donors (Lipinski definition) is 1. The molecule has 0 bridgehead atoms. The first-order valence-electron chi connectivity index (χ1n) is 5.26. The summed E-state index contributed by atoms with van der Waals surface area (Å²) < 4.78 is 28.2. The molecule has 0 aliphatic rings. The van der Waals surface area contributed by atoms with E-state index in [4.69, 9.17) is 0 Å². The molecule has 0 fully saturated rings. The van der Waals surface area contributed by atoms with Crippen LogP contribution in [0.5, 0.6) is 0 Å². The molecular formula is C12H12F2N2O. The van der Waals surface area contributed by atoms with Crippen LogP contribution in [0, 0.1) is 11.6 Å². The largest absolute Gasteiger partial charge is 0.382 e. The predicted molar refractivity (Wildman–Crippen MR) is 58.3 cm³/mol. The van der Waals surface area contributed by atoms with Crippen molar-refractivity contribution in [3.05, 3.63) is 53.6 Å². The van der Waals surface area contributed by atoms with Gasteiger partial charge in [-0.05, 0) is 25.1 Å². The van der Waals surface area contributed by atoms with Crippen molar-refractivity contribution in [2.45, 2.75) is 19.6 Å². The Hall–Kier alpha value is -1.75. The van der Waals surface area contributed by atoms with Crippen molar-refractivity contribution in [3.8, 4) is 0 Å². The zero-order valence-electron chi connectivity index (χ0n) is 9.27. The Morgan fingerprint density at radius 2 is 2.18 bits per heavy atom. The molecular weight excluding hydrogens is 226 g/mol. The quantitative estimate of drug-likeness (QED) is 0.890. The van der Waals surface area contributed by atoms with Crippen LogP contribution in [0.2, 0.25) is 0 Å². The zero-order chi connectivity index (χ0) is 12.4. The maximum atomic E-state index is 13.5. The number of nitrogens with zero attached hydrogens (tertiary/aromatic N) is 2. The van der Waals surface area contributed by atoms with Gasteiger partial charge in [0, 0.05) is 12.1 Å². The second-order valence-corrected chi connectivity index (χ2v) is 3.67. The number of benzene rings is 1. The molecule has 0 spiro atoms. The molecule has 0 aliphatic carbocycles. The number of halogens is 2. The fourth-order valence-corrected chi connectivity index (χ4v) is 1.71. The summed E-state index contributed by atoms with van der Waals surface area (Å²) in [6.45, 7) is 2.48. The summed E-state index contributed by atoms with van der Waals surface area (Å²) >= 11 is 0. The summed E-state index contributed by atoms with van der Waals surface area (Å²) in [7, 11) is 0. The van der Waals surface area contributed by atoms with E-state index in [1.54, 1.807) is 4.57 Å². The molecule has 1 aromatic heterocycles.